The standard InChI is InChI=1S/C19H26N2O/c1-14-9-11-16(12-10-14)19(22)13-20-15(2)17-7-5-6-8-18(17)21(3)4/h5-12,15,19-20,22H,13H2,1-4H3. The highest BCUT2D eigenvalue weighted by Gasteiger charge is 2.13. The highest BCUT2D eigenvalue weighted by atomic mass is 16.3. The molecule has 0 radical (unpaired) electrons. The van der Waals surface area contributed by atoms with Crippen molar-refractivity contribution in [2.24, 2.45) is 0 Å². The fourth-order valence-corrected chi connectivity index (χ4v) is 2.57. The number of hydrogen-bond acceptors (Lipinski definition) is 3. The van der Waals surface area contributed by atoms with Crippen LogP contribution in [0.25, 0.3) is 0 Å². The molecule has 2 aromatic rings. The van der Waals surface area contributed by atoms with E-state index in [0.29, 0.717) is 6.54 Å². The molecule has 0 amide bonds. The third-order valence-electron chi connectivity index (χ3n) is 3.96. The van der Waals surface area contributed by atoms with Crippen molar-refractivity contribution in [2.75, 3.05) is 25.5 Å². The van der Waals surface area contributed by atoms with E-state index in [9.17, 15) is 5.11 Å². The van der Waals surface area contributed by atoms with Gasteiger partial charge in [0.25, 0.3) is 0 Å². The lowest BCUT2D eigenvalue weighted by Gasteiger charge is -2.23. The number of aryl methyl sites for hydroxylation is 1. The van der Waals surface area contributed by atoms with Crippen molar-refractivity contribution in [3.63, 3.8) is 0 Å². The highest BCUT2D eigenvalue weighted by molar-refractivity contribution is 5.53. The Balaban J connectivity index is 2.00. The largest absolute Gasteiger partial charge is 0.387 e. The molecular formula is C19H26N2O. The van der Waals surface area contributed by atoms with Crippen LogP contribution in [0, 0.1) is 6.92 Å². The topological polar surface area (TPSA) is 35.5 Å². The predicted octanol–water partition coefficient (Wildman–Crippen LogP) is 3.45. The summed E-state index contributed by atoms with van der Waals surface area (Å²) >= 11 is 0. The molecular weight excluding hydrogens is 272 g/mol. The summed E-state index contributed by atoms with van der Waals surface area (Å²) in [6, 6.07) is 16.6. The zero-order valence-electron chi connectivity index (χ0n) is 13.9. The molecule has 0 saturated carbocycles. The summed E-state index contributed by atoms with van der Waals surface area (Å²) in [5.41, 5.74) is 4.60. The van der Waals surface area contributed by atoms with E-state index in [1.807, 2.05) is 44.4 Å². The molecule has 0 aromatic heterocycles. The molecule has 2 atom stereocenters. The van der Waals surface area contributed by atoms with Gasteiger partial charge in [-0.05, 0) is 31.0 Å². The second kappa shape index (κ2) is 7.43. The number of hydrogen-bond donors (Lipinski definition) is 2. The third-order valence-corrected chi connectivity index (χ3v) is 3.96. The summed E-state index contributed by atoms with van der Waals surface area (Å²) in [4.78, 5) is 2.11. The Morgan fingerprint density at radius 1 is 1.05 bits per heavy atom. The van der Waals surface area contributed by atoms with E-state index >= 15 is 0 Å². The predicted molar refractivity (Wildman–Crippen MR) is 93.3 cm³/mol. The maximum atomic E-state index is 10.3. The maximum Gasteiger partial charge on any atom is 0.0914 e. The minimum atomic E-state index is -0.491. The van der Waals surface area contributed by atoms with Crippen LogP contribution in [0.4, 0.5) is 5.69 Å². The van der Waals surface area contributed by atoms with Crippen LogP contribution in [0.3, 0.4) is 0 Å². The Hall–Kier alpha value is -1.84. The Morgan fingerprint density at radius 2 is 1.68 bits per heavy atom. The second-order valence-corrected chi connectivity index (χ2v) is 6.01. The van der Waals surface area contributed by atoms with Gasteiger partial charge in [0.05, 0.1) is 6.10 Å². The molecule has 0 saturated heterocycles. The van der Waals surface area contributed by atoms with Crippen molar-refractivity contribution in [2.45, 2.75) is 26.0 Å². The molecule has 0 aliphatic heterocycles. The molecule has 0 aliphatic rings. The summed E-state index contributed by atoms with van der Waals surface area (Å²) in [5.74, 6) is 0. The molecule has 0 bridgehead atoms. The van der Waals surface area contributed by atoms with E-state index in [0.717, 1.165) is 5.56 Å². The number of nitrogens with zero attached hydrogens (tertiary/aromatic N) is 1. The fraction of sp³-hybridized carbons (Fsp3) is 0.368. The van der Waals surface area contributed by atoms with Crippen LogP contribution in [-0.4, -0.2) is 25.7 Å². The minimum Gasteiger partial charge on any atom is -0.387 e. The normalized spacial score (nSPS) is 13.7. The summed E-state index contributed by atoms with van der Waals surface area (Å²) in [6.07, 6.45) is -0.491. The van der Waals surface area contributed by atoms with Gasteiger partial charge in [0, 0.05) is 32.4 Å². The van der Waals surface area contributed by atoms with E-state index in [-0.39, 0.29) is 6.04 Å². The smallest absolute Gasteiger partial charge is 0.0914 e. The number of anilines is 1. The number of nitrogens with one attached hydrogen (secondary N) is 1. The van der Waals surface area contributed by atoms with Gasteiger partial charge >= 0.3 is 0 Å². The average Bonchev–Trinajstić information content (AvgIpc) is 2.53. The van der Waals surface area contributed by atoms with Crippen LogP contribution in [0.1, 0.15) is 35.8 Å². The first kappa shape index (κ1) is 16.5. The van der Waals surface area contributed by atoms with E-state index in [1.54, 1.807) is 0 Å². The van der Waals surface area contributed by atoms with Crippen molar-refractivity contribution in [3.8, 4) is 0 Å². The van der Waals surface area contributed by atoms with E-state index in [4.69, 9.17) is 0 Å². The molecule has 0 spiro atoms. The van der Waals surface area contributed by atoms with Gasteiger partial charge < -0.3 is 15.3 Å². The van der Waals surface area contributed by atoms with Gasteiger partial charge in [0.2, 0.25) is 0 Å². The quantitative estimate of drug-likeness (QED) is 0.857. The first-order valence-electron chi connectivity index (χ1n) is 7.73. The lowest BCUT2D eigenvalue weighted by Crippen LogP contribution is -2.26. The van der Waals surface area contributed by atoms with Crippen LogP contribution < -0.4 is 10.2 Å². The molecule has 2 N–H and O–H groups in total. The number of aliphatic hydroxyl groups excluding tert-OH is 1. The second-order valence-electron chi connectivity index (χ2n) is 6.01. The van der Waals surface area contributed by atoms with Crippen LogP contribution in [0.15, 0.2) is 48.5 Å². The summed E-state index contributed by atoms with van der Waals surface area (Å²) < 4.78 is 0. The lowest BCUT2D eigenvalue weighted by molar-refractivity contribution is 0.171. The average molecular weight is 298 g/mol. The van der Waals surface area contributed by atoms with Gasteiger partial charge in [-0.15, -0.1) is 0 Å². The zero-order valence-corrected chi connectivity index (χ0v) is 13.9. The van der Waals surface area contributed by atoms with Crippen LogP contribution in [0.2, 0.25) is 0 Å². The van der Waals surface area contributed by atoms with Crippen molar-refractivity contribution in [1.82, 2.24) is 5.32 Å². The zero-order chi connectivity index (χ0) is 16.1. The van der Waals surface area contributed by atoms with Gasteiger partial charge in [0.15, 0.2) is 0 Å². The molecule has 118 valence electrons. The van der Waals surface area contributed by atoms with E-state index in [2.05, 4.69) is 42.3 Å². The molecule has 2 rings (SSSR count). The Labute approximate surface area is 133 Å². The molecule has 0 heterocycles. The molecule has 2 aromatic carbocycles. The number of benzene rings is 2. The Kier molecular flexibility index (Phi) is 5.58. The van der Waals surface area contributed by atoms with Gasteiger partial charge in [-0.25, -0.2) is 0 Å². The molecule has 0 aliphatic carbocycles. The van der Waals surface area contributed by atoms with Crippen molar-refractivity contribution in [1.29, 1.82) is 0 Å². The number of aliphatic hydroxyl groups is 1. The van der Waals surface area contributed by atoms with Crippen LogP contribution in [0.5, 0.6) is 0 Å². The molecule has 22 heavy (non-hydrogen) atoms. The summed E-state index contributed by atoms with van der Waals surface area (Å²) in [7, 11) is 4.10. The number of para-hydroxylation sites is 1. The molecule has 3 nitrogen and oxygen atoms in total. The van der Waals surface area contributed by atoms with Gasteiger partial charge in [0.1, 0.15) is 0 Å². The Bertz CT molecular complexity index is 593. The van der Waals surface area contributed by atoms with Crippen molar-refractivity contribution < 1.29 is 5.11 Å². The number of rotatable bonds is 6. The maximum absolute atomic E-state index is 10.3. The van der Waals surface area contributed by atoms with E-state index in [1.165, 1.54) is 16.8 Å². The fourth-order valence-electron chi connectivity index (χ4n) is 2.57. The van der Waals surface area contributed by atoms with E-state index < -0.39 is 6.10 Å². The van der Waals surface area contributed by atoms with Gasteiger partial charge in [-0.2, -0.15) is 0 Å². The summed E-state index contributed by atoms with van der Waals surface area (Å²) in [6.45, 7) is 4.71. The van der Waals surface area contributed by atoms with Gasteiger partial charge in [-0.3, -0.25) is 0 Å². The first-order valence-corrected chi connectivity index (χ1v) is 7.73. The lowest BCUT2D eigenvalue weighted by atomic mass is 10.0. The minimum absolute atomic E-state index is 0.179. The van der Waals surface area contributed by atoms with Crippen LogP contribution >= 0.6 is 0 Å². The monoisotopic (exact) mass is 298 g/mol. The highest BCUT2D eigenvalue weighted by Crippen LogP contribution is 2.25. The first-order chi connectivity index (χ1) is 10.5. The molecule has 0 fully saturated rings. The Morgan fingerprint density at radius 3 is 2.32 bits per heavy atom. The molecule has 2 unspecified atom stereocenters. The molecule has 3 heteroatoms. The third kappa shape index (κ3) is 4.09. The summed E-state index contributed by atoms with van der Waals surface area (Å²) in [5, 5.41) is 13.7. The van der Waals surface area contributed by atoms with Crippen LogP contribution in [-0.2, 0) is 0 Å². The van der Waals surface area contributed by atoms with Gasteiger partial charge in [-0.1, -0.05) is 48.0 Å². The SMILES string of the molecule is Cc1ccc(C(O)CNC(C)c2ccccc2N(C)C)cc1. The van der Waals surface area contributed by atoms with Crippen molar-refractivity contribution in [3.05, 3.63) is 65.2 Å². The van der Waals surface area contributed by atoms with Crippen molar-refractivity contribution >= 4 is 5.69 Å².